The minimum Gasteiger partial charge on any atom is -0.372 e. The number of imidazole rings is 1. The van der Waals surface area contributed by atoms with E-state index in [1.165, 1.54) is 0 Å². The molecule has 1 aromatic heterocycles. The number of carbonyl (C=O) groups excluding carboxylic acids is 2. The SMILES string of the molecule is CCOCC(=O)N[C@@H]1CCC(=O)N(C2CC2)[C@H]1c1cncn1C. The first-order valence-corrected chi connectivity index (χ1v) is 8.26. The third-order valence-electron chi connectivity index (χ3n) is 4.52. The highest BCUT2D eigenvalue weighted by molar-refractivity contribution is 5.80. The van der Waals surface area contributed by atoms with Crippen LogP contribution >= 0.6 is 0 Å². The van der Waals surface area contributed by atoms with E-state index in [0.29, 0.717) is 25.5 Å². The van der Waals surface area contributed by atoms with E-state index in [1.807, 2.05) is 23.4 Å². The summed E-state index contributed by atoms with van der Waals surface area (Å²) in [5.41, 5.74) is 0.964. The number of aryl methyl sites for hydroxylation is 1. The van der Waals surface area contributed by atoms with E-state index in [0.717, 1.165) is 18.5 Å². The maximum Gasteiger partial charge on any atom is 0.246 e. The smallest absolute Gasteiger partial charge is 0.246 e. The highest BCUT2D eigenvalue weighted by atomic mass is 16.5. The summed E-state index contributed by atoms with van der Waals surface area (Å²) in [6.45, 7) is 2.43. The number of likely N-dealkylation sites (tertiary alicyclic amines) is 1. The quantitative estimate of drug-likeness (QED) is 0.840. The zero-order valence-electron chi connectivity index (χ0n) is 13.7. The Morgan fingerprint density at radius 3 is 2.83 bits per heavy atom. The molecule has 0 radical (unpaired) electrons. The van der Waals surface area contributed by atoms with Gasteiger partial charge in [0.25, 0.3) is 0 Å². The topological polar surface area (TPSA) is 76.5 Å². The molecule has 7 heteroatoms. The summed E-state index contributed by atoms with van der Waals surface area (Å²) in [5, 5.41) is 3.05. The van der Waals surface area contributed by atoms with Gasteiger partial charge in [-0.1, -0.05) is 0 Å². The molecule has 2 fully saturated rings. The van der Waals surface area contributed by atoms with Crippen LogP contribution in [0.2, 0.25) is 0 Å². The molecule has 2 atom stereocenters. The van der Waals surface area contributed by atoms with E-state index in [2.05, 4.69) is 10.3 Å². The van der Waals surface area contributed by atoms with Crippen molar-refractivity contribution in [3.05, 3.63) is 18.2 Å². The maximum atomic E-state index is 12.5. The summed E-state index contributed by atoms with van der Waals surface area (Å²) < 4.78 is 7.12. The van der Waals surface area contributed by atoms with Crippen LogP contribution in [0.15, 0.2) is 12.5 Å². The lowest BCUT2D eigenvalue weighted by Crippen LogP contribution is -2.54. The van der Waals surface area contributed by atoms with Gasteiger partial charge < -0.3 is 19.5 Å². The van der Waals surface area contributed by atoms with Crippen molar-refractivity contribution < 1.29 is 14.3 Å². The zero-order chi connectivity index (χ0) is 16.4. The second-order valence-electron chi connectivity index (χ2n) is 6.26. The highest BCUT2D eigenvalue weighted by Gasteiger charge is 2.45. The Balaban J connectivity index is 1.83. The fourth-order valence-corrected chi connectivity index (χ4v) is 3.29. The number of nitrogens with zero attached hydrogens (tertiary/aromatic N) is 3. The molecule has 3 rings (SSSR count). The van der Waals surface area contributed by atoms with Gasteiger partial charge in [0.1, 0.15) is 6.61 Å². The predicted molar refractivity (Wildman–Crippen MR) is 83.5 cm³/mol. The third-order valence-corrected chi connectivity index (χ3v) is 4.52. The van der Waals surface area contributed by atoms with Crippen molar-refractivity contribution in [1.29, 1.82) is 0 Å². The standard InChI is InChI=1S/C16H24N4O3/c1-3-23-9-14(21)18-12-6-7-15(22)20(11-4-5-11)16(12)13-8-17-10-19(13)2/h8,10-12,16H,3-7,9H2,1-2H3,(H,18,21)/t12-,16-/m1/s1. The first-order chi connectivity index (χ1) is 11.1. The van der Waals surface area contributed by atoms with Gasteiger partial charge in [-0.25, -0.2) is 4.98 Å². The van der Waals surface area contributed by atoms with Crippen molar-refractivity contribution in [3.8, 4) is 0 Å². The molecular formula is C16H24N4O3. The maximum absolute atomic E-state index is 12.5. The van der Waals surface area contributed by atoms with E-state index in [1.54, 1.807) is 12.5 Å². The minimum atomic E-state index is -0.151. The lowest BCUT2D eigenvalue weighted by molar-refractivity contribution is -0.141. The molecule has 126 valence electrons. The van der Waals surface area contributed by atoms with Gasteiger partial charge in [-0.3, -0.25) is 9.59 Å². The van der Waals surface area contributed by atoms with Crippen LogP contribution < -0.4 is 5.32 Å². The summed E-state index contributed by atoms with van der Waals surface area (Å²) in [4.78, 5) is 30.7. The molecule has 0 bridgehead atoms. The highest BCUT2D eigenvalue weighted by Crippen LogP contribution is 2.40. The van der Waals surface area contributed by atoms with Crippen molar-refractivity contribution >= 4 is 11.8 Å². The Labute approximate surface area is 136 Å². The van der Waals surface area contributed by atoms with Crippen LogP contribution in [0.4, 0.5) is 0 Å². The number of piperidine rings is 1. The number of amides is 2. The first kappa shape index (κ1) is 16.0. The van der Waals surface area contributed by atoms with Gasteiger partial charge in [0.15, 0.2) is 0 Å². The predicted octanol–water partition coefficient (Wildman–Crippen LogP) is 0.767. The Kier molecular flexibility index (Phi) is 4.66. The van der Waals surface area contributed by atoms with Crippen molar-refractivity contribution in [3.63, 3.8) is 0 Å². The molecule has 7 nitrogen and oxygen atoms in total. The Bertz CT molecular complexity index is 582. The number of carbonyl (C=O) groups is 2. The molecular weight excluding hydrogens is 296 g/mol. The van der Waals surface area contributed by atoms with Crippen molar-refractivity contribution in [2.24, 2.45) is 7.05 Å². The second-order valence-corrected chi connectivity index (χ2v) is 6.26. The molecule has 2 aliphatic rings. The average Bonchev–Trinajstić information content (AvgIpc) is 3.28. The molecule has 2 heterocycles. The normalized spacial score (nSPS) is 24.8. The second kappa shape index (κ2) is 6.70. The van der Waals surface area contributed by atoms with Crippen LogP contribution in [-0.2, 0) is 21.4 Å². The van der Waals surface area contributed by atoms with Crippen LogP contribution in [0.3, 0.4) is 0 Å². The molecule has 1 aliphatic heterocycles. The van der Waals surface area contributed by atoms with Gasteiger partial charge in [0.05, 0.1) is 30.3 Å². The Morgan fingerprint density at radius 2 is 2.22 bits per heavy atom. The molecule has 1 saturated carbocycles. The van der Waals surface area contributed by atoms with Gasteiger partial charge in [-0.15, -0.1) is 0 Å². The van der Waals surface area contributed by atoms with Crippen molar-refractivity contribution in [1.82, 2.24) is 19.8 Å². The lowest BCUT2D eigenvalue weighted by Gasteiger charge is -2.41. The lowest BCUT2D eigenvalue weighted by atomic mass is 9.92. The summed E-state index contributed by atoms with van der Waals surface area (Å²) in [6.07, 6.45) is 6.73. The molecule has 0 unspecified atom stereocenters. The van der Waals surface area contributed by atoms with Gasteiger partial charge >= 0.3 is 0 Å². The largest absolute Gasteiger partial charge is 0.372 e. The number of nitrogens with one attached hydrogen (secondary N) is 1. The molecule has 1 aliphatic carbocycles. The molecule has 2 amide bonds. The van der Waals surface area contributed by atoms with E-state index in [-0.39, 0.29) is 30.5 Å². The summed E-state index contributed by atoms with van der Waals surface area (Å²) in [5.74, 6) is 0.0446. The van der Waals surface area contributed by atoms with Crippen LogP contribution in [-0.4, -0.2) is 51.6 Å². The monoisotopic (exact) mass is 320 g/mol. The van der Waals surface area contributed by atoms with Crippen LogP contribution in [0.25, 0.3) is 0 Å². The summed E-state index contributed by atoms with van der Waals surface area (Å²) in [7, 11) is 1.92. The van der Waals surface area contributed by atoms with E-state index in [9.17, 15) is 9.59 Å². The van der Waals surface area contributed by atoms with Crippen LogP contribution in [0.5, 0.6) is 0 Å². The Morgan fingerprint density at radius 1 is 1.43 bits per heavy atom. The van der Waals surface area contributed by atoms with E-state index >= 15 is 0 Å². The van der Waals surface area contributed by atoms with Crippen LogP contribution in [0, 0.1) is 0 Å². The minimum absolute atomic E-state index is 0.0580. The number of rotatable bonds is 6. The number of hydrogen-bond donors (Lipinski definition) is 1. The van der Waals surface area contributed by atoms with Crippen LogP contribution in [0.1, 0.15) is 44.3 Å². The number of aromatic nitrogens is 2. The third kappa shape index (κ3) is 3.39. The molecule has 23 heavy (non-hydrogen) atoms. The number of ether oxygens (including phenoxy) is 1. The van der Waals surface area contributed by atoms with Crippen molar-refractivity contribution in [2.75, 3.05) is 13.2 Å². The van der Waals surface area contributed by atoms with Gasteiger partial charge in [0.2, 0.25) is 11.8 Å². The molecule has 0 aromatic carbocycles. The first-order valence-electron chi connectivity index (χ1n) is 8.26. The van der Waals surface area contributed by atoms with Gasteiger partial charge in [-0.05, 0) is 26.2 Å². The summed E-state index contributed by atoms with van der Waals surface area (Å²) in [6, 6.07) is 0.0486. The van der Waals surface area contributed by atoms with E-state index < -0.39 is 0 Å². The molecule has 1 saturated heterocycles. The molecule has 0 spiro atoms. The number of hydrogen-bond acceptors (Lipinski definition) is 4. The van der Waals surface area contributed by atoms with Gasteiger partial charge in [-0.2, -0.15) is 0 Å². The summed E-state index contributed by atoms with van der Waals surface area (Å²) >= 11 is 0. The van der Waals surface area contributed by atoms with Crippen molar-refractivity contribution in [2.45, 2.75) is 50.7 Å². The van der Waals surface area contributed by atoms with Gasteiger partial charge in [0, 0.05) is 26.1 Å². The fraction of sp³-hybridized carbons (Fsp3) is 0.688. The zero-order valence-corrected chi connectivity index (χ0v) is 13.7. The fourth-order valence-electron chi connectivity index (χ4n) is 3.29. The average molecular weight is 320 g/mol. The molecule has 1 aromatic rings. The molecule has 1 N–H and O–H groups in total. The van der Waals surface area contributed by atoms with E-state index in [4.69, 9.17) is 4.74 Å². The Hall–Kier alpha value is -1.89.